The zero-order valence-electron chi connectivity index (χ0n) is 23.0. The summed E-state index contributed by atoms with van der Waals surface area (Å²) in [5.41, 5.74) is 3.59. The van der Waals surface area contributed by atoms with Gasteiger partial charge in [-0.05, 0) is 41.7 Å². The van der Waals surface area contributed by atoms with Crippen LogP contribution >= 0.6 is 11.8 Å². The number of aromatic carboxylic acids is 1. The molecule has 0 unspecified atom stereocenters. The second-order valence-corrected chi connectivity index (χ2v) is 11.0. The van der Waals surface area contributed by atoms with Crippen molar-refractivity contribution in [1.82, 2.24) is 10.3 Å². The number of aromatic nitrogens is 1. The molecule has 2 heterocycles. The molecule has 1 aromatic heterocycles. The van der Waals surface area contributed by atoms with Crippen LogP contribution in [0.4, 0.5) is 0 Å². The molecule has 11 heteroatoms. The predicted octanol–water partition coefficient (Wildman–Crippen LogP) is 4.87. The maximum absolute atomic E-state index is 12.1. The highest BCUT2D eigenvalue weighted by molar-refractivity contribution is 7.99. The molecular formula is C31H34N2O8S. The molecule has 0 aliphatic carbocycles. The fraction of sp³-hybridized carbons (Fsp3) is 0.355. The van der Waals surface area contributed by atoms with Crippen molar-refractivity contribution in [2.45, 2.75) is 68.8 Å². The molecule has 0 radical (unpaired) electrons. The topological polar surface area (TPSA) is 155 Å². The quantitative estimate of drug-likeness (QED) is 0.150. The molecule has 222 valence electrons. The highest BCUT2D eigenvalue weighted by atomic mass is 32.2. The van der Waals surface area contributed by atoms with E-state index in [0.717, 1.165) is 22.3 Å². The minimum atomic E-state index is -1.03. The lowest BCUT2D eigenvalue weighted by molar-refractivity contribution is -0.245. The van der Waals surface area contributed by atoms with Gasteiger partial charge >= 0.3 is 11.9 Å². The van der Waals surface area contributed by atoms with E-state index in [1.807, 2.05) is 48.5 Å². The summed E-state index contributed by atoms with van der Waals surface area (Å²) in [6.07, 6.45) is 2.22. The Morgan fingerprint density at radius 3 is 2.29 bits per heavy atom. The third kappa shape index (κ3) is 9.12. The average Bonchev–Trinajstić information content (AvgIpc) is 3.01. The largest absolute Gasteiger partial charge is 0.481 e. The van der Waals surface area contributed by atoms with Crippen LogP contribution in [-0.2, 0) is 32.2 Å². The highest BCUT2D eigenvalue weighted by Gasteiger charge is 2.32. The lowest BCUT2D eigenvalue weighted by Gasteiger charge is -2.36. The molecule has 1 saturated heterocycles. The van der Waals surface area contributed by atoms with Gasteiger partial charge in [-0.15, -0.1) is 11.8 Å². The number of ether oxygens (including phenoxy) is 2. The molecule has 0 saturated carbocycles. The van der Waals surface area contributed by atoms with Gasteiger partial charge in [0.15, 0.2) is 6.29 Å². The van der Waals surface area contributed by atoms with Crippen LogP contribution in [0.1, 0.15) is 77.1 Å². The van der Waals surface area contributed by atoms with Crippen molar-refractivity contribution in [3.8, 4) is 0 Å². The van der Waals surface area contributed by atoms with Gasteiger partial charge in [0.25, 0.3) is 0 Å². The maximum Gasteiger partial charge on any atom is 0.338 e. The van der Waals surface area contributed by atoms with E-state index >= 15 is 0 Å². The maximum atomic E-state index is 12.1. The number of rotatable bonds is 14. The van der Waals surface area contributed by atoms with Crippen LogP contribution in [-0.4, -0.2) is 50.0 Å². The van der Waals surface area contributed by atoms with Crippen LogP contribution in [0, 0.1) is 0 Å². The van der Waals surface area contributed by atoms with Crippen LogP contribution in [0.5, 0.6) is 0 Å². The summed E-state index contributed by atoms with van der Waals surface area (Å²) in [5.74, 6) is -1.55. The summed E-state index contributed by atoms with van der Waals surface area (Å²) >= 11 is 1.33. The molecule has 42 heavy (non-hydrogen) atoms. The van der Waals surface area contributed by atoms with Crippen LogP contribution in [0.3, 0.4) is 0 Å². The fourth-order valence-corrected chi connectivity index (χ4v) is 5.51. The van der Waals surface area contributed by atoms with Crippen LogP contribution in [0.2, 0.25) is 0 Å². The Labute approximate surface area is 248 Å². The number of carbonyl (C=O) groups excluding carboxylic acids is 1. The minimum absolute atomic E-state index is 0.0513. The van der Waals surface area contributed by atoms with E-state index in [0.29, 0.717) is 36.6 Å². The molecule has 0 bridgehead atoms. The third-order valence-electron chi connectivity index (χ3n) is 6.81. The number of carboxylic acid groups (broad SMARTS) is 2. The molecule has 3 atom stereocenters. The Balaban J connectivity index is 1.41. The monoisotopic (exact) mass is 594 g/mol. The van der Waals surface area contributed by atoms with E-state index in [-0.39, 0.29) is 43.1 Å². The molecular weight excluding hydrogens is 560 g/mol. The van der Waals surface area contributed by atoms with Gasteiger partial charge in [-0.2, -0.15) is 0 Å². The first-order valence-electron chi connectivity index (χ1n) is 13.7. The molecule has 1 amide bonds. The smallest absolute Gasteiger partial charge is 0.338 e. The Bertz CT molecular complexity index is 1350. The number of carboxylic acids is 2. The molecule has 1 aliphatic rings. The number of aliphatic hydroxyl groups excluding tert-OH is 1. The first-order chi connectivity index (χ1) is 20.3. The highest BCUT2D eigenvalue weighted by Crippen LogP contribution is 2.39. The van der Waals surface area contributed by atoms with Crippen LogP contribution in [0.25, 0.3) is 0 Å². The molecule has 1 aliphatic heterocycles. The number of pyridine rings is 1. The van der Waals surface area contributed by atoms with Gasteiger partial charge in [-0.25, -0.2) is 9.78 Å². The van der Waals surface area contributed by atoms with Crippen molar-refractivity contribution in [1.29, 1.82) is 0 Å². The number of nitrogens with zero attached hydrogens (tertiary/aromatic N) is 1. The first kappa shape index (κ1) is 31.2. The Hall–Kier alpha value is -3.77. The van der Waals surface area contributed by atoms with E-state index in [1.165, 1.54) is 17.8 Å². The first-order valence-corrected chi connectivity index (χ1v) is 14.7. The SMILES string of the molecule is O=C(O)CCCCC(=O)NCc1ccc([C@@H]2O[C@H](CSc3ncccc3C(=O)O)C[C@H](c3ccc(CO)cc3)O2)cc1. The van der Waals surface area contributed by atoms with Crippen molar-refractivity contribution in [3.05, 3.63) is 94.7 Å². The molecule has 4 N–H and O–H groups in total. The van der Waals surface area contributed by atoms with Gasteiger partial charge < -0.3 is 30.1 Å². The summed E-state index contributed by atoms with van der Waals surface area (Å²) in [4.78, 5) is 38.6. The molecule has 4 rings (SSSR count). The number of aliphatic carboxylic acids is 1. The molecule has 0 spiro atoms. The van der Waals surface area contributed by atoms with E-state index in [1.54, 1.807) is 12.3 Å². The van der Waals surface area contributed by atoms with Crippen molar-refractivity contribution in [3.63, 3.8) is 0 Å². The number of carbonyl (C=O) groups is 3. The number of aliphatic hydroxyl groups is 1. The van der Waals surface area contributed by atoms with Crippen molar-refractivity contribution in [2.24, 2.45) is 0 Å². The van der Waals surface area contributed by atoms with E-state index in [9.17, 15) is 24.6 Å². The second kappa shape index (κ2) is 15.5. The predicted molar refractivity (Wildman–Crippen MR) is 155 cm³/mol. The Morgan fingerprint density at radius 2 is 1.60 bits per heavy atom. The van der Waals surface area contributed by atoms with Gasteiger partial charge in [0.2, 0.25) is 5.91 Å². The number of unbranched alkanes of at least 4 members (excludes halogenated alkanes) is 1. The zero-order chi connectivity index (χ0) is 29.9. The number of amides is 1. The van der Waals surface area contributed by atoms with Gasteiger partial charge in [-0.3, -0.25) is 9.59 Å². The molecule has 10 nitrogen and oxygen atoms in total. The zero-order valence-corrected chi connectivity index (χ0v) is 23.8. The summed E-state index contributed by atoms with van der Waals surface area (Å²) in [7, 11) is 0. The summed E-state index contributed by atoms with van der Waals surface area (Å²) in [5, 5.41) is 30.9. The van der Waals surface area contributed by atoms with Gasteiger partial charge in [0, 0.05) is 43.3 Å². The van der Waals surface area contributed by atoms with Gasteiger partial charge in [0.05, 0.1) is 24.4 Å². The minimum Gasteiger partial charge on any atom is -0.481 e. The lowest BCUT2D eigenvalue weighted by atomic mass is 10.0. The van der Waals surface area contributed by atoms with Crippen molar-refractivity contribution in [2.75, 3.05) is 5.75 Å². The number of nitrogens with one attached hydrogen (secondary N) is 1. The van der Waals surface area contributed by atoms with Gasteiger partial charge in [-0.1, -0.05) is 48.5 Å². The Morgan fingerprint density at radius 1 is 0.905 bits per heavy atom. The second-order valence-electron chi connectivity index (χ2n) is 9.94. The third-order valence-corrected chi connectivity index (χ3v) is 7.95. The summed E-state index contributed by atoms with van der Waals surface area (Å²) in [6.45, 7) is 0.295. The van der Waals surface area contributed by atoms with Gasteiger partial charge in [0.1, 0.15) is 5.03 Å². The number of hydrogen-bond acceptors (Lipinski definition) is 8. The van der Waals surface area contributed by atoms with E-state index in [2.05, 4.69) is 10.3 Å². The van der Waals surface area contributed by atoms with E-state index < -0.39 is 18.2 Å². The molecule has 1 fully saturated rings. The standard InChI is InChI=1S/C31H34N2O8S/c34-18-21-9-11-22(12-10-21)26-16-24(19-42-29-25(30(38)39)4-3-15-32-29)40-31(41-26)23-13-7-20(8-14-23)17-33-27(35)5-1-2-6-28(36)37/h3-4,7-15,24,26,31,34H,1-2,5-6,16-19H2,(H,33,35)(H,36,37)(H,38,39)/t24-,26+,31+/m0/s1. The normalized spacial score (nSPS) is 18.4. The lowest BCUT2D eigenvalue weighted by Crippen LogP contribution is -2.31. The number of benzene rings is 2. The van der Waals surface area contributed by atoms with Crippen molar-refractivity contribution < 1.29 is 39.2 Å². The van der Waals surface area contributed by atoms with E-state index in [4.69, 9.17) is 14.6 Å². The van der Waals surface area contributed by atoms with Crippen LogP contribution in [0.15, 0.2) is 71.9 Å². The fourth-order valence-electron chi connectivity index (χ4n) is 4.51. The number of thioether (sulfide) groups is 1. The van der Waals surface area contributed by atoms with Crippen LogP contribution < -0.4 is 5.32 Å². The number of hydrogen-bond donors (Lipinski definition) is 4. The molecule has 3 aromatic rings. The molecule has 2 aromatic carbocycles. The Kier molecular flexibility index (Phi) is 11.5. The van der Waals surface area contributed by atoms with Crippen molar-refractivity contribution >= 4 is 29.6 Å². The average molecular weight is 595 g/mol. The summed E-state index contributed by atoms with van der Waals surface area (Å²) < 4.78 is 12.7. The summed E-state index contributed by atoms with van der Waals surface area (Å²) in [6, 6.07) is 18.3.